The molecular formula is C19H22BFN2O5. The summed E-state index contributed by atoms with van der Waals surface area (Å²) in [7, 11) is -0.760. The second-order valence-electron chi connectivity index (χ2n) is 7.68. The van der Waals surface area contributed by atoms with E-state index >= 15 is 4.39 Å². The summed E-state index contributed by atoms with van der Waals surface area (Å²) in [4.78, 5) is 7.94. The van der Waals surface area contributed by atoms with Crippen molar-refractivity contribution in [2.24, 2.45) is 0 Å². The Morgan fingerprint density at radius 2 is 1.64 bits per heavy atom. The maximum absolute atomic E-state index is 15.5. The number of ether oxygens (including phenoxy) is 3. The van der Waals surface area contributed by atoms with Crippen molar-refractivity contribution in [3.8, 4) is 11.8 Å². The van der Waals surface area contributed by atoms with Crippen molar-refractivity contribution in [2.45, 2.75) is 45.2 Å². The van der Waals surface area contributed by atoms with Gasteiger partial charge in [0, 0.05) is 18.0 Å². The Kier molecular flexibility index (Phi) is 4.87. The first-order valence-electron chi connectivity index (χ1n) is 9.14. The van der Waals surface area contributed by atoms with Gasteiger partial charge in [-0.2, -0.15) is 0 Å². The fraction of sp³-hybridized carbons (Fsp3) is 0.474. The molecule has 148 valence electrons. The van der Waals surface area contributed by atoms with Crippen molar-refractivity contribution in [2.75, 3.05) is 13.2 Å². The smallest absolute Gasteiger partial charge is 0.421 e. The second kappa shape index (κ2) is 7.07. The van der Waals surface area contributed by atoms with Gasteiger partial charge in [0.25, 0.3) is 0 Å². The van der Waals surface area contributed by atoms with E-state index in [4.69, 9.17) is 23.5 Å². The van der Waals surface area contributed by atoms with Crippen LogP contribution in [0.4, 0.5) is 4.39 Å². The summed E-state index contributed by atoms with van der Waals surface area (Å²) in [6.45, 7) is 8.51. The average Bonchev–Trinajstić information content (AvgIpc) is 3.24. The lowest BCUT2D eigenvalue weighted by Crippen LogP contribution is -2.41. The van der Waals surface area contributed by atoms with Crippen LogP contribution in [0.2, 0.25) is 0 Å². The molecule has 0 aliphatic carbocycles. The number of halogens is 1. The third kappa shape index (κ3) is 3.39. The molecule has 4 rings (SSSR count). The molecule has 0 amide bonds. The van der Waals surface area contributed by atoms with Gasteiger partial charge in [-0.05, 0) is 45.3 Å². The molecule has 0 unspecified atom stereocenters. The average molecular weight is 388 g/mol. The zero-order chi connectivity index (χ0) is 19.9. The van der Waals surface area contributed by atoms with Crippen LogP contribution < -0.4 is 10.2 Å². The highest BCUT2D eigenvalue weighted by molar-refractivity contribution is 6.62. The third-order valence-electron chi connectivity index (χ3n) is 5.29. The first kappa shape index (κ1) is 19.3. The Labute approximate surface area is 163 Å². The molecule has 2 fully saturated rings. The molecule has 28 heavy (non-hydrogen) atoms. The molecule has 1 aromatic heterocycles. The van der Waals surface area contributed by atoms with Crippen LogP contribution in [0.1, 0.15) is 39.5 Å². The van der Waals surface area contributed by atoms with Crippen LogP contribution in [0.15, 0.2) is 30.6 Å². The van der Waals surface area contributed by atoms with E-state index in [9.17, 15) is 0 Å². The maximum Gasteiger partial charge on any atom is 0.495 e. The summed E-state index contributed by atoms with van der Waals surface area (Å²) >= 11 is 0. The van der Waals surface area contributed by atoms with E-state index in [1.54, 1.807) is 12.1 Å². The number of aromatic nitrogens is 2. The van der Waals surface area contributed by atoms with Crippen LogP contribution in [-0.4, -0.2) is 41.5 Å². The minimum absolute atomic E-state index is 0.0273. The minimum atomic E-state index is -0.866. The molecule has 3 heterocycles. The van der Waals surface area contributed by atoms with E-state index in [0.29, 0.717) is 18.7 Å². The summed E-state index contributed by atoms with van der Waals surface area (Å²) in [5.74, 6) is -0.646. The maximum atomic E-state index is 15.5. The molecule has 2 saturated heterocycles. The van der Waals surface area contributed by atoms with E-state index < -0.39 is 30.4 Å². The largest absolute Gasteiger partial charge is 0.495 e. The lowest BCUT2D eigenvalue weighted by molar-refractivity contribution is -0.0460. The number of hydrogen-bond donors (Lipinski definition) is 0. The fourth-order valence-corrected chi connectivity index (χ4v) is 3.04. The molecular weight excluding hydrogens is 366 g/mol. The van der Waals surface area contributed by atoms with Gasteiger partial charge < -0.3 is 23.5 Å². The zero-order valence-electron chi connectivity index (χ0n) is 16.3. The third-order valence-corrected chi connectivity index (χ3v) is 5.29. The normalized spacial score (nSPS) is 21.2. The monoisotopic (exact) mass is 388 g/mol. The van der Waals surface area contributed by atoms with E-state index in [2.05, 4.69) is 9.97 Å². The molecule has 0 N–H and O–H groups in total. The highest BCUT2D eigenvalue weighted by Crippen LogP contribution is 2.38. The summed E-state index contributed by atoms with van der Waals surface area (Å²) in [6.07, 6.45) is 2.17. The van der Waals surface area contributed by atoms with Gasteiger partial charge in [-0.1, -0.05) is 6.07 Å². The molecule has 0 saturated carbocycles. The van der Waals surface area contributed by atoms with E-state index in [1.165, 1.54) is 18.5 Å². The van der Waals surface area contributed by atoms with Crippen molar-refractivity contribution in [1.82, 2.24) is 9.97 Å². The predicted octanol–water partition coefficient (Wildman–Crippen LogP) is 2.75. The Morgan fingerprint density at radius 1 is 1.04 bits per heavy atom. The Balaban J connectivity index is 1.74. The SMILES string of the molecule is CC1(C)OB(c2ccc(Oc3ncccn3)c(F)c2C2OCCO2)OC1(C)C. The summed E-state index contributed by atoms with van der Waals surface area (Å²) in [5, 5.41) is 0. The molecule has 7 nitrogen and oxygen atoms in total. The molecule has 1 aromatic carbocycles. The van der Waals surface area contributed by atoms with Crippen LogP contribution in [0.3, 0.4) is 0 Å². The van der Waals surface area contributed by atoms with Crippen molar-refractivity contribution in [3.05, 3.63) is 42.0 Å². The van der Waals surface area contributed by atoms with Gasteiger partial charge in [0.15, 0.2) is 17.9 Å². The summed E-state index contributed by atoms with van der Waals surface area (Å²) in [5.41, 5.74) is -0.417. The molecule has 2 aromatic rings. The molecule has 0 radical (unpaired) electrons. The lowest BCUT2D eigenvalue weighted by atomic mass is 9.75. The van der Waals surface area contributed by atoms with Gasteiger partial charge in [-0.15, -0.1) is 0 Å². The van der Waals surface area contributed by atoms with Crippen molar-refractivity contribution >= 4 is 12.6 Å². The van der Waals surface area contributed by atoms with Crippen LogP contribution in [0, 0.1) is 5.82 Å². The predicted molar refractivity (Wildman–Crippen MR) is 98.9 cm³/mol. The highest BCUT2D eigenvalue weighted by atomic mass is 19.1. The molecule has 0 bridgehead atoms. The fourth-order valence-electron chi connectivity index (χ4n) is 3.04. The van der Waals surface area contributed by atoms with Crippen molar-refractivity contribution in [3.63, 3.8) is 0 Å². The van der Waals surface area contributed by atoms with Gasteiger partial charge in [0.05, 0.1) is 24.4 Å². The Hall–Kier alpha value is -2.07. The number of hydrogen-bond acceptors (Lipinski definition) is 7. The highest BCUT2D eigenvalue weighted by Gasteiger charge is 2.53. The van der Waals surface area contributed by atoms with Crippen molar-refractivity contribution in [1.29, 1.82) is 0 Å². The molecule has 0 spiro atoms. The van der Waals surface area contributed by atoms with Crippen LogP contribution in [0.25, 0.3) is 0 Å². The van der Waals surface area contributed by atoms with Gasteiger partial charge in [0.2, 0.25) is 0 Å². The van der Waals surface area contributed by atoms with Gasteiger partial charge >= 0.3 is 13.1 Å². The van der Waals surface area contributed by atoms with E-state index in [1.807, 2.05) is 27.7 Å². The van der Waals surface area contributed by atoms with E-state index in [0.717, 1.165) is 0 Å². The van der Waals surface area contributed by atoms with Gasteiger partial charge in [-0.3, -0.25) is 0 Å². The van der Waals surface area contributed by atoms with Gasteiger partial charge in [0.1, 0.15) is 0 Å². The second-order valence-corrected chi connectivity index (χ2v) is 7.68. The van der Waals surface area contributed by atoms with E-state index in [-0.39, 0.29) is 17.3 Å². The molecule has 2 aliphatic rings. The summed E-state index contributed by atoms with van der Waals surface area (Å²) in [6, 6.07) is 4.90. The molecule has 9 heteroatoms. The molecule has 2 aliphatic heterocycles. The topological polar surface area (TPSA) is 71.9 Å². The van der Waals surface area contributed by atoms with Crippen molar-refractivity contribution < 1.29 is 27.9 Å². The number of rotatable bonds is 4. The van der Waals surface area contributed by atoms with Gasteiger partial charge in [-0.25, -0.2) is 14.4 Å². The van der Waals surface area contributed by atoms with Crippen LogP contribution in [-0.2, 0) is 18.8 Å². The standard InChI is InChI=1S/C19H22BFN2O5/c1-18(2)19(3,4)28-20(27-18)12-6-7-13(26-17-22-8-5-9-23-17)15(21)14(12)16-24-10-11-25-16/h5-9,16H,10-11H2,1-4H3. The van der Waals surface area contributed by atoms with Crippen LogP contribution in [0.5, 0.6) is 11.8 Å². The Bertz CT molecular complexity index is 843. The first-order chi connectivity index (χ1) is 13.3. The zero-order valence-corrected chi connectivity index (χ0v) is 16.3. The summed E-state index contributed by atoms with van der Waals surface area (Å²) < 4.78 is 44.3. The number of benzene rings is 1. The molecule has 0 atom stereocenters. The number of nitrogens with zero attached hydrogens (tertiary/aromatic N) is 2. The minimum Gasteiger partial charge on any atom is -0.421 e. The van der Waals surface area contributed by atoms with Crippen LogP contribution >= 0.6 is 0 Å². The first-order valence-corrected chi connectivity index (χ1v) is 9.14. The lowest BCUT2D eigenvalue weighted by Gasteiger charge is -2.32. The quantitative estimate of drug-likeness (QED) is 0.746. The Morgan fingerprint density at radius 3 is 2.25 bits per heavy atom.